The molecule has 0 saturated carbocycles. The summed E-state index contributed by atoms with van der Waals surface area (Å²) in [6, 6.07) is 21.1. The van der Waals surface area contributed by atoms with Crippen LogP contribution in [0.1, 0.15) is 27.7 Å². The van der Waals surface area contributed by atoms with Crippen LogP contribution >= 0.6 is 11.6 Å². The molecule has 1 aliphatic rings. The maximum Gasteiger partial charge on any atom is 0.251 e. The molecule has 0 saturated heterocycles. The van der Waals surface area contributed by atoms with Gasteiger partial charge in [-0.2, -0.15) is 4.72 Å². The molecule has 0 spiro atoms. The minimum atomic E-state index is -3.61. The van der Waals surface area contributed by atoms with Crippen molar-refractivity contribution < 1.29 is 13.2 Å². The van der Waals surface area contributed by atoms with Gasteiger partial charge in [0, 0.05) is 17.1 Å². The molecule has 0 unspecified atom stereocenters. The summed E-state index contributed by atoms with van der Waals surface area (Å²) >= 11 is 5.87. The van der Waals surface area contributed by atoms with Crippen LogP contribution in [-0.4, -0.2) is 20.9 Å². The van der Waals surface area contributed by atoms with E-state index in [-0.39, 0.29) is 10.8 Å². The number of rotatable bonds is 5. The second-order valence-corrected chi connectivity index (χ2v) is 9.07. The van der Waals surface area contributed by atoms with Gasteiger partial charge < -0.3 is 10.6 Å². The fourth-order valence-corrected chi connectivity index (χ4v) is 4.71. The molecule has 1 heterocycles. The van der Waals surface area contributed by atoms with Crippen molar-refractivity contribution in [1.82, 2.24) is 10.0 Å². The third-order valence-corrected chi connectivity index (χ3v) is 6.60. The van der Waals surface area contributed by atoms with Crippen molar-refractivity contribution in [3.8, 4) is 0 Å². The fourth-order valence-electron chi connectivity index (χ4n) is 3.28. The zero-order valence-corrected chi connectivity index (χ0v) is 17.5. The fraction of sp³-hybridized carbons (Fsp3) is 0.136. The first-order chi connectivity index (χ1) is 14.4. The van der Waals surface area contributed by atoms with Crippen molar-refractivity contribution in [1.29, 1.82) is 0 Å². The van der Waals surface area contributed by atoms with E-state index in [0.29, 0.717) is 34.8 Å². The van der Waals surface area contributed by atoms with Crippen LogP contribution in [0.4, 0.5) is 5.69 Å². The monoisotopic (exact) mass is 441 g/mol. The summed E-state index contributed by atoms with van der Waals surface area (Å²) in [6.07, 6.45) is 0.0978. The Labute approximate surface area is 180 Å². The molecule has 0 radical (unpaired) electrons. The lowest BCUT2D eigenvalue weighted by Crippen LogP contribution is -2.38. The molecule has 3 aromatic carbocycles. The van der Waals surface area contributed by atoms with E-state index in [1.165, 1.54) is 0 Å². The lowest BCUT2D eigenvalue weighted by molar-refractivity contribution is 0.0954. The smallest absolute Gasteiger partial charge is 0.251 e. The largest absolute Gasteiger partial charge is 0.364 e. The van der Waals surface area contributed by atoms with Crippen molar-refractivity contribution in [3.05, 3.63) is 94.5 Å². The Morgan fingerprint density at radius 3 is 2.40 bits per heavy atom. The molecular weight excluding hydrogens is 422 g/mol. The van der Waals surface area contributed by atoms with Crippen LogP contribution in [0, 0.1) is 0 Å². The number of sulfonamides is 1. The lowest BCUT2D eigenvalue weighted by atomic mass is 10.1. The van der Waals surface area contributed by atoms with E-state index >= 15 is 0 Å². The summed E-state index contributed by atoms with van der Waals surface area (Å²) in [7, 11) is -3.61. The van der Waals surface area contributed by atoms with Gasteiger partial charge in [0.2, 0.25) is 10.0 Å². The van der Waals surface area contributed by atoms with Crippen LogP contribution in [0.2, 0.25) is 5.02 Å². The van der Waals surface area contributed by atoms with E-state index in [0.717, 1.165) is 5.56 Å². The molecule has 0 aromatic heterocycles. The predicted octanol–water partition coefficient (Wildman–Crippen LogP) is 3.72. The van der Waals surface area contributed by atoms with Crippen LogP contribution in [-0.2, 0) is 16.4 Å². The second kappa shape index (κ2) is 8.47. The summed E-state index contributed by atoms with van der Waals surface area (Å²) in [5, 5.41) is 6.74. The van der Waals surface area contributed by atoms with E-state index in [4.69, 9.17) is 11.6 Å². The number of amides is 1. The Hall–Kier alpha value is -2.87. The van der Waals surface area contributed by atoms with E-state index in [2.05, 4.69) is 15.4 Å². The standard InChI is InChI=1S/C22H20ClN3O3S/c23-18-11-5-15(6-12-18)13-14-24-22(27)17-9-7-16(8-10-17)21-25-19-3-1-2-4-20(19)30(28,29)26-21/h1-12,21,25-26H,13-14H2,(H,24,27)/t21-/m0/s1. The highest BCUT2D eigenvalue weighted by Crippen LogP contribution is 2.30. The van der Waals surface area contributed by atoms with Gasteiger partial charge in [0.15, 0.2) is 0 Å². The van der Waals surface area contributed by atoms with Crippen LogP contribution in [0.25, 0.3) is 0 Å². The molecule has 154 valence electrons. The Bertz CT molecular complexity index is 1160. The normalized spacial score (nSPS) is 16.9. The summed E-state index contributed by atoms with van der Waals surface area (Å²) in [4.78, 5) is 12.6. The molecule has 6 nitrogen and oxygen atoms in total. The number of carbonyl (C=O) groups excluding carboxylic acids is 1. The van der Waals surface area contributed by atoms with Crippen molar-refractivity contribution in [2.45, 2.75) is 17.5 Å². The third kappa shape index (κ3) is 4.48. The number of nitrogens with one attached hydrogen (secondary N) is 3. The predicted molar refractivity (Wildman–Crippen MR) is 117 cm³/mol. The van der Waals surface area contributed by atoms with Crippen molar-refractivity contribution >= 4 is 33.2 Å². The van der Waals surface area contributed by atoms with Crippen molar-refractivity contribution in [2.24, 2.45) is 0 Å². The first-order valence-electron chi connectivity index (χ1n) is 9.43. The molecule has 0 aliphatic carbocycles. The van der Waals surface area contributed by atoms with Crippen LogP contribution in [0.5, 0.6) is 0 Å². The zero-order chi connectivity index (χ0) is 21.1. The van der Waals surface area contributed by atoms with Gasteiger partial charge in [0.05, 0.1) is 5.69 Å². The van der Waals surface area contributed by atoms with Crippen LogP contribution in [0.3, 0.4) is 0 Å². The van der Waals surface area contributed by atoms with Gasteiger partial charge in [0.25, 0.3) is 5.91 Å². The summed E-state index contributed by atoms with van der Waals surface area (Å²) in [5.41, 5.74) is 2.86. The molecule has 1 atom stereocenters. The molecule has 0 bridgehead atoms. The van der Waals surface area contributed by atoms with E-state index in [1.807, 2.05) is 24.3 Å². The van der Waals surface area contributed by atoms with E-state index in [1.54, 1.807) is 48.5 Å². The highest BCUT2D eigenvalue weighted by Gasteiger charge is 2.29. The number of hydrogen-bond acceptors (Lipinski definition) is 4. The number of para-hydroxylation sites is 1. The first-order valence-corrected chi connectivity index (χ1v) is 11.3. The van der Waals surface area contributed by atoms with Gasteiger partial charge >= 0.3 is 0 Å². The average Bonchev–Trinajstić information content (AvgIpc) is 2.75. The molecule has 30 heavy (non-hydrogen) atoms. The maximum atomic E-state index is 12.5. The third-order valence-electron chi connectivity index (χ3n) is 4.87. The minimum absolute atomic E-state index is 0.182. The molecule has 0 fully saturated rings. The van der Waals surface area contributed by atoms with Gasteiger partial charge in [-0.15, -0.1) is 0 Å². The van der Waals surface area contributed by atoms with Gasteiger partial charge in [0.1, 0.15) is 11.1 Å². The SMILES string of the molecule is O=C(NCCc1ccc(Cl)cc1)c1ccc([C@H]2Nc3ccccc3S(=O)(=O)N2)cc1. The van der Waals surface area contributed by atoms with E-state index < -0.39 is 16.2 Å². The quantitative estimate of drug-likeness (QED) is 0.563. The number of halogens is 1. The Kier molecular flexibility index (Phi) is 5.76. The number of anilines is 1. The number of carbonyl (C=O) groups is 1. The van der Waals surface area contributed by atoms with Gasteiger partial charge in [-0.3, -0.25) is 4.79 Å². The molecule has 8 heteroatoms. The topological polar surface area (TPSA) is 87.3 Å². The van der Waals surface area contributed by atoms with Gasteiger partial charge in [-0.25, -0.2) is 8.42 Å². The Morgan fingerprint density at radius 1 is 0.967 bits per heavy atom. The van der Waals surface area contributed by atoms with Crippen molar-refractivity contribution in [2.75, 3.05) is 11.9 Å². The Morgan fingerprint density at radius 2 is 1.67 bits per heavy atom. The van der Waals surface area contributed by atoms with E-state index in [9.17, 15) is 13.2 Å². The minimum Gasteiger partial charge on any atom is -0.364 e. The molecule has 1 aliphatic heterocycles. The zero-order valence-electron chi connectivity index (χ0n) is 15.9. The number of hydrogen-bond donors (Lipinski definition) is 3. The molecule has 1 amide bonds. The molecular formula is C22H20ClN3O3S. The average molecular weight is 442 g/mol. The number of benzene rings is 3. The molecule has 4 rings (SSSR count). The second-order valence-electron chi connectivity index (χ2n) is 6.95. The summed E-state index contributed by atoms with van der Waals surface area (Å²) in [5.74, 6) is -0.182. The highest BCUT2D eigenvalue weighted by atomic mass is 35.5. The summed E-state index contributed by atoms with van der Waals surface area (Å²) in [6.45, 7) is 0.503. The lowest BCUT2D eigenvalue weighted by Gasteiger charge is -2.28. The maximum absolute atomic E-state index is 12.5. The van der Waals surface area contributed by atoms with Crippen LogP contribution in [0.15, 0.2) is 77.7 Å². The molecule has 3 N–H and O–H groups in total. The number of fused-ring (bicyclic) bond motifs is 1. The molecule has 3 aromatic rings. The summed E-state index contributed by atoms with van der Waals surface area (Å²) < 4.78 is 27.5. The van der Waals surface area contributed by atoms with Gasteiger partial charge in [-0.05, 0) is 53.9 Å². The van der Waals surface area contributed by atoms with Gasteiger partial charge in [-0.1, -0.05) is 48.0 Å². The highest BCUT2D eigenvalue weighted by molar-refractivity contribution is 7.89. The van der Waals surface area contributed by atoms with Crippen LogP contribution < -0.4 is 15.4 Å². The van der Waals surface area contributed by atoms with Crippen molar-refractivity contribution in [3.63, 3.8) is 0 Å². The Balaban J connectivity index is 1.39. The first kappa shape index (κ1) is 20.4.